The number of carbonyl (C=O) groups is 2. The van der Waals surface area contributed by atoms with Gasteiger partial charge in [-0.2, -0.15) is 4.68 Å². The number of hydrogen-bond donors (Lipinski definition) is 2. The van der Waals surface area contributed by atoms with E-state index in [4.69, 9.17) is 11.6 Å². The van der Waals surface area contributed by atoms with Gasteiger partial charge in [0.05, 0.1) is 39.7 Å². The molecule has 2 aliphatic rings. The first kappa shape index (κ1) is 25.0. The van der Waals surface area contributed by atoms with Crippen LogP contribution in [0.1, 0.15) is 43.5 Å². The molecular weight excluding hydrogens is 527 g/mol. The minimum absolute atomic E-state index is 0.0801. The van der Waals surface area contributed by atoms with Crippen LogP contribution in [0.4, 0.5) is 10.1 Å². The lowest BCUT2D eigenvalue weighted by molar-refractivity contribution is -0.135. The SMILES string of the molecule is C[C@@H](O)c1cnc2cc(NC(=O)[C@@H]3CCC4CC(c5c(-n6cnnn6)ccc(Cl)c5F)=CC(=O)N43)ccc2n1. The van der Waals surface area contributed by atoms with Crippen LogP contribution in [0.5, 0.6) is 0 Å². The van der Waals surface area contributed by atoms with Crippen LogP contribution in [0.15, 0.2) is 48.9 Å². The molecule has 11 nitrogen and oxygen atoms in total. The Labute approximate surface area is 226 Å². The van der Waals surface area contributed by atoms with Crippen LogP contribution in [0, 0.1) is 5.82 Å². The number of amides is 2. The van der Waals surface area contributed by atoms with Crippen LogP contribution in [-0.2, 0) is 9.59 Å². The lowest BCUT2D eigenvalue weighted by Gasteiger charge is -2.33. The molecular formula is C26H22ClFN8O3. The maximum Gasteiger partial charge on any atom is 0.247 e. The van der Waals surface area contributed by atoms with E-state index in [-0.39, 0.29) is 28.4 Å². The van der Waals surface area contributed by atoms with Crippen LogP contribution < -0.4 is 5.32 Å². The Balaban J connectivity index is 1.24. The van der Waals surface area contributed by atoms with E-state index in [1.807, 2.05) is 0 Å². The van der Waals surface area contributed by atoms with Crippen molar-refractivity contribution in [1.82, 2.24) is 35.1 Å². The Bertz CT molecular complexity index is 1640. The number of benzene rings is 2. The molecule has 2 N–H and O–H groups in total. The van der Waals surface area contributed by atoms with E-state index >= 15 is 4.39 Å². The smallest absolute Gasteiger partial charge is 0.247 e. The van der Waals surface area contributed by atoms with Gasteiger partial charge in [0.2, 0.25) is 11.8 Å². The van der Waals surface area contributed by atoms with Gasteiger partial charge in [-0.3, -0.25) is 14.6 Å². The number of aliphatic hydroxyl groups is 1. The molecule has 0 bridgehead atoms. The standard InChI is InChI=1S/C26H22ClFN8O3/c1-13(37)20-11-29-19-10-15(2-5-18(19)32-20)31-26(39)22-6-3-16-8-14(9-23(38)36(16)22)24-21(35-12-30-33-34-35)7-4-17(27)25(24)28/h2,4-5,7,9-13,16,22,37H,3,6,8H2,1H3,(H,31,39)/t13-,16?,22+/m1/s1. The molecule has 1 fully saturated rings. The largest absolute Gasteiger partial charge is 0.387 e. The molecule has 2 aromatic carbocycles. The topological polar surface area (TPSA) is 139 Å². The van der Waals surface area contributed by atoms with E-state index in [1.165, 1.54) is 29.3 Å². The summed E-state index contributed by atoms with van der Waals surface area (Å²) in [4.78, 5) is 36.8. The Morgan fingerprint density at radius 3 is 2.85 bits per heavy atom. The highest BCUT2D eigenvalue weighted by Crippen LogP contribution is 2.40. The second kappa shape index (κ2) is 9.79. The number of carbonyl (C=O) groups excluding carboxylic acids is 2. The molecule has 3 atom stereocenters. The Morgan fingerprint density at radius 2 is 2.08 bits per heavy atom. The Kier molecular flexibility index (Phi) is 6.28. The van der Waals surface area contributed by atoms with Crippen LogP contribution in [0.2, 0.25) is 5.02 Å². The van der Waals surface area contributed by atoms with Crippen LogP contribution in [0.25, 0.3) is 22.3 Å². The molecule has 198 valence electrons. The fourth-order valence-electron chi connectivity index (χ4n) is 5.22. The van der Waals surface area contributed by atoms with Crippen molar-refractivity contribution in [3.63, 3.8) is 0 Å². The zero-order valence-corrected chi connectivity index (χ0v) is 21.4. The molecule has 13 heteroatoms. The lowest BCUT2D eigenvalue weighted by Crippen LogP contribution is -2.48. The van der Waals surface area contributed by atoms with Crippen molar-refractivity contribution in [2.45, 2.75) is 44.4 Å². The van der Waals surface area contributed by atoms with Gasteiger partial charge in [0, 0.05) is 23.4 Å². The minimum Gasteiger partial charge on any atom is -0.387 e. The van der Waals surface area contributed by atoms with Crippen molar-refractivity contribution in [2.24, 2.45) is 0 Å². The first-order chi connectivity index (χ1) is 18.8. The van der Waals surface area contributed by atoms with E-state index in [1.54, 1.807) is 36.1 Å². The van der Waals surface area contributed by atoms with Crippen molar-refractivity contribution in [3.8, 4) is 5.69 Å². The number of rotatable bonds is 5. The molecule has 0 saturated carbocycles. The summed E-state index contributed by atoms with van der Waals surface area (Å²) in [5.74, 6) is -1.36. The van der Waals surface area contributed by atoms with E-state index in [0.29, 0.717) is 52.9 Å². The van der Waals surface area contributed by atoms with E-state index in [0.717, 1.165) is 0 Å². The number of halogens is 2. The zero-order valence-electron chi connectivity index (χ0n) is 20.6. The van der Waals surface area contributed by atoms with Gasteiger partial charge in [-0.25, -0.2) is 9.37 Å². The zero-order chi connectivity index (χ0) is 27.3. The molecule has 2 amide bonds. The normalized spacial score (nSPS) is 19.6. The van der Waals surface area contributed by atoms with Crippen molar-refractivity contribution in [2.75, 3.05) is 5.32 Å². The maximum atomic E-state index is 15.3. The van der Waals surface area contributed by atoms with Crippen LogP contribution in [-0.4, -0.2) is 64.1 Å². The highest BCUT2D eigenvalue weighted by molar-refractivity contribution is 6.31. The molecule has 2 aliphatic heterocycles. The second-order valence-electron chi connectivity index (χ2n) is 9.54. The van der Waals surface area contributed by atoms with Crippen molar-refractivity contribution in [3.05, 3.63) is 71.0 Å². The van der Waals surface area contributed by atoms with Gasteiger partial charge >= 0.3 is 0 Å². The highest BCUT2D eigenvalue weighted by Gasteiger charge is 2.43. The molecule has 2 aromatic heterocycles. The molecule has 4 aromatic rings. The fourth-order valence-corrected chi connectivity index (χ4v) is 5.38. The van der Waals surface area contributed by atoms with Gasteiger partial charge in [-0.1, -0.05) is 11.6 Å². The molecule has 4 heterocycles. The molecule has 1 unspecified atom stereocenters. The predicted octanol–water partition coefficient (Wildman–Crippen LogP) is 3.24. The summed E-state index contributed by atoms with van der Waals surface area (Å²) < 4.78 is 16.6. The third-order valence-electron chi connectivity index (χ3n) is 7.06. The molecule has 39 heavy (non-hydrogen) atoms. The summed E-state index contributed by atoms with van der Waals surface area (Å²) in [5.41, 5.74) is 3.11. The second-order valence-corrected chi connectivity index (χ2v) is 9.95. The van der Waals surface area contributed by atoms with E-state index < -0.39 is 18.0 Å². The summed E-state index contributed by atoms with van der Waals surface area (Å²) in [6.45, 7) is 1.61. The van der Waals surface area contributed by atoms with Crippen LogP contribution in [0.3, 0.4) is 0 Å². The number of nitrogens with zero attached hydrogens (tertiary/aromatic N) is 7. The van der Waals surface area contributed by atoms with Crippen molar-refractivity contribution < 1.29 is 19.1 Å². The number of hydrogen-bond acceptors (Lipinski definition) is 8. The fraction of sp³-hybridized carbons (Fsp3) is 0.269. The average Bonchev–Trinajstić information content (AvgIpc) is 3.60. The Hall–Kier alpha value is -4.29. The number of fused-ring (bicyclic) bond motifs is 2. The van der Waals surface area contributed by atoms with Gasteiger partial charge in [0.25, 0.3) is 0 Å². The lowest BCUT2D eigenvalue weighted by atomic mass is 9.92. The summed E-state index contributed by atoms with van der Waals surface area (Å²) in [7, 11) is 0. The number of anilines is 1. The minimum atomic E-state index is -0.741. The van der Waals surface area contributed by atoms with E-state index in [9.17, 15) is 14.7 Å². The summed E-state index contributed by atoms with van der Waals surface area (Å²) >= 11 is 6.08. The molecule has 0 radical (unpaired) electrons. The van der Waals surface area contributed by atoms with Gasteiger partial charge in [0.1, 0.15) is 12.4 Å². The highest BCUT2D eigenvalue weighted by atomic mass is 35.5. The van der Waals surface area contributed by atoms with Gasteiger partial charge < -0.3 is 15.3 Å². The number of nitrogens with one attached hydrogen (secondary N) is 1. The molecule has 1 saturated heterocycles. The van der Waals surface area contributed by atoms with Crippen molar-refractivity contribution >= 4 is 45.7 Å². The van der Waals surface area contributed by atoms with Gasteiger partial charge in [-0.05, 0) is 72.5 Å². The van der Waals surface area contributed by atoms with Gasteiger partial charge in [0.15, 0.2) is 5.82 Å². The first-order valence-electron chi connectivity index (χ1n) is 12.3. The monoisotopic (exact) mass is 548 g/mol. The average molecular weight is 549 g/mol. The maximum absolute atomic E-state index is 15.3. The van der Waals surface area contributed by atoms with E-state index in [2.05, 4.69) is 30.8 Å². The third-order valence-corrected chi connectivity index (χ3v) is 7.35. The number of aliphatic hydroxyl groups excluding tert-OH is 1. The predicted molar refractivity (Wildman–Crippen MR) is 139 cm³/mol. The molecule has 0 aliphatic carbocycles. The number of aromatic nitrogens is 6. The summed E-state index contributed by atoms with van der Waals surface area (Å²) in [6.07, 6.45) is 4.83. The third kappa shape index (κ3) is 4.51. The van der Waals surface area contributed by atoms with Crippen LogP contribution >= 0.6 is 11.6 Å². The number of tetrazole rings is 1. The van der Waals surface area contributed by atoms with Gasteiger partial charge in [-0.15, -0.1) is 5.10 Å². The Morgan fingerprint density at radius 1 is 1.23 bits per heavy atom. The summed E-state index contributed by atoms with van der Waals surface area (Å²) in [5, 5.41) is 23.6. The molecule has 6 rings (SSSR count). The quantitative estimate of drug-likeness (QED) is 0.387. The summed E-state index contributed by atoms with van der Waals surface area (Å²) in [6, 6.07) is 7.15. The molecule has 0 spiro atoms. The van der Waals surface area contributed by atoms with Crippen molar-refractivity contribution in [1.29, 1.82) is 0 Å². The first-order valence-corrected chi connectivity index (χ1v) is 12.7.